The van der Waals surface area contributed by atoms with Crippen LogP contribution in [-0.2, 0) is 5.41 Å². The summed E-state index contributed by atoms with van der Waals surface area (Å²) in [6, 6.07) is 69.3. The van der Waals surface area contributed by atoms with Gasteiger partial charge in [-0.05, 0) is 110 Å². The molecular formula is C56H38N2O2. The Morgan fingerprint density at radius 1 is 0.433 bits per heavy atom. The van der Waals surface area contributed by atoms with E-state index in [9.17, 15) is 0 Å². The Morgan fingerprint density at radius 2 is 1.13 bits per heavy atom. The van der Waals surface area contributed by atoms with Crippen LogP contribution in [0.25, 0.3) is 88.6 Å². The molecule has 1 aliphatic carbocycles. The third-order valence-electron chi connectivity index (χ3n) is 12.5. The van der Waals surface area contributed by atoms with Crippen molar-refractivity contribution in [3.63, 3.8) is 0 Å². The Labute approximate surface area is 347 Å². The van der Waals surface area contributed by atoms with Crippen molar-refractivity contribution < 1.29 is 8.83 Å². The van der Waals surface area contributed by atoms with Gasteiger partial charge in [0.2, 0.25) is 5.89 Å². The second-order valence-electron chi connectivity index (χ2n) is 16.3. The summed E-state index contributed by atoms with van der Waals surface area (Å²) in [4.78, 5) is 7.21. The van der Waals surface area contributed by atoms with E-state index < -0.39 is 0 Å². The number of hydrogen-bond acceptors (Lipinski definition) is 4. The fourth-order valence-electron chi connectivity index (χ4n) is 9.52. The number of anilines is 3. The first kappa shape index (κ1) is 34.4. The van der Waals surface area contributed by atoms with Crippen LogP contribution in [0.5, 0.6) is 0 Å². The molecule has 2 heterocycles. The summed E-state index contributed by atoms with van der Waals surface area (Å²) in [7, 11) is 0. The molecule has 0 spiro atoms. The largest absolute Gasteiger partial charge is 0.456 e. The van der Waals surface area contributed by atoms with Crippen LogP contribution in [0.3, 0.4) is 0 Å². The fraction of sp³-hybridized carbons (Fsp3) is 0.0536. The van der Waals surface area contributed by atoms with Crippen LogP contribution in [-0.4, -0.2) is 4.98 Å². The molecule has 9 aromatic carbocycles. The SMILES string of the molecule is CC1(C)c2ccccc2-c2c(N(c3ccc(-c4ccc5c(c4)oc4cc6nc(-c7ccccc7)oc6cc45)cc3)c3cccc(-c4cccc5ccccc45)c3)cccc21. The maximum Gasteiger partial charge on any atom is 0.227 e. The average Bonchev–Trinajstić information content (AvgIpc) is 3.95. The zero-order valence-electron chi connectivity index (χ0n) is 33.2. The summed E-state index contributed by atoms with van der Waals surface area (Å²) in [6.07, 6.45) is 0. The molecule has 0 N–H and O–H groups in total. The van der Waals surface area contributed by atoms with Gasteiger partial charge in [0.1, 0.15) is 16.7 Å². The first-order valence-corrected chi connectivity index (χ1v) is 20.5. The Balaban J connectivity index is 0.964. The predicted octanol–water partition coefficient (Wildman–Crippen LogP) is 15.7. The number of furan rings is 1. The maximum atomic E-state index is 6.49. The first-order valence-electron chi connectivity index (χ1n) is 20.5. The zero-order valence-corrected chi connectivity index (χ0v) is 33.2. The highest BCUT2D eigenvalue weighted by Crippen LogP contribution is 2.54. The van der Waals surface area contributed by atoms with Gasteiger partial charge in [-0.25, -0.2) is 4.98 Å². The van der Waals surface area contributed by atoms with Crippen molar-refractivity contribution in [2.75, 3.05) is 4.90 Å². The highest BCUT2D eigenvalue weighted by Gasteiger charge is 2.37. The van der Waals surface area contributed by atoms with Gasteiger partial charge >= 0.3 is 0 Å². The Kier molecular flexibility index (Phi) is 7.54. The Hall–Kier alpha value is -7.69. The summed E-state index contributed by atoms with van der Waals surface area (Å²) in [6.45, 7) is 4.69. The van der Waals surface area contributed by atoms with Crippen molar-refractivity contribution >= 4 is 60.9 Å². The Bertz CT molecular complexity index is 3460. The van der Waals surface area contributed by atoms with Crippen molar-refractivity contribution in [3.05, 3.63) is 205 Å². The van der Waals surface area contributed by atoms with Gasteiger partial charge in [0, 0.05) is 44.8 Å². The van der Waals surface area contributed by atoms with Crippen LogP contribution in [0.15, 0.2) is 203 Å². The molecule has 12 rings (SSSR count). The lowest BCUT2D eigenvalue weighted by atomic mass is 9.82. The summed E-state index contributed by atoms with van der Waals surface area (Å²) in [5, 5.41) is 4.53. The molecule has 0 unspecified atom stereocenters. The van der Waals surface area contributed by atoms with Crippen LogP contribution in [0.4, 0.5) is 17.1 Å². The molecule has 4 heteroatoms. The van der Waals surface area contributed by atoms with Crippen LogP contribution in [0.2, 0.25) is 0 Å². The van der Waals surface area contributed by atoms with E-state index in [1.165, 1.54) is 44.2 Å². The number of benzene rings is 9. The molecule has 0 bridgehead atoms. The molecule has 11 aromatic rings. The van der Waals surface area contributed by atoms with Gasteiger partial charge in [-0.3, -0.25) is 0 Å². The van der Waals surface area contributed by atoms with E-state index in [4.69, 9.17) is 13.8 Å². The van der Waals surface area contributed by atoms with Crippen LogP contribution < -0.4 is 4.90 Å². The lowest BCUT2D eigenvalue weighted by molar-refractivity contribution is 0.620. The number of oxazole rings is 1. The van der Waals surface area contributed by atoms with E-state index in [2.05, 4.69) is 170 Å². The first-order chi connectivity index (χ1) is 29.5. The molecule has 0 saturated carbocycles. The minimum absolute atomic E-state index is 0.122. The zero-order chi connectivity index (χ0) is 40.0. The Morgan fingerprint density at radius 3 is 2.03 bits per heavy atom. The van der Waals surface area contributed by atoms with Crippen LogP contribution >= 0.6 is 0 Å². The summed E-state index contributed by atoms with van der Waals surface area (Å²) < 4.78 is 12.7. The molecule has 60 heavy (non-hydrogen) atoms. The van der Waals surface area contributed by atoms with Gasteiger partial charge in [0.25, 0.3) is 0 Å². The molecule has 0 aliphatic heterocycles. The van der Waals surface area contributed by atoms with E-state index in [0.717, 1.165) is 66.8 Å². The number of fused-ring (bicyclic) bond motifs is 8. The molecule has 0 atom stereocenters. The van der Waals surface area contributed by atoms with Crippen LogP contribution in [0.1, 0.15) is 25.0 Å². The van der Waals surface area contributed by atoms with Gasteiger partial charge in [0.15, 0.2) is 5.58 Å². The monoisotopic (exact) mass is 770 g/mol. The highest BCUT2D eigenvalue weighted by atomic mass is 16.4. The van der Waals surface area contributed by atoms with Gasteiger partial charge in [-0.2, -0.15) is 0 Å². The number of hydrogen-bond donors (Lipinski definition) is 0. The van der Waals surface area contributed by atoms with Gasteiger partial charge in [0.05, 0.1) is 5.69 Å². The van der Waals surface area contributed by atoms with E-state index in [0.29, 0.717) is 5.89 Å². The molecule has 2 aromatic heterocycles. The number of aromatic nitrogens is 1. The summed E-state index contributed by atoms with van der Waals surface area (Å²) in [5.74, 6) is 0.606. The number of rotatable bonds is 6. The van der Waals surface area contributed by atoms with Gasteiger partial charge in [-0.15, -0.1) is 0 Å². The second kappa shape index (κ2) is 13.2. The molecule has 1 aliphatic rings. The molecule has 0 amide bonds. The van der Waals surface area contributed by atoms with Crippen molar-refractivity contribution in [1.29, 1.82) is 0 Å². The molecule has 284 valence electrons. The lowest BCUT2D eigenvalue weighted by Gasteiger charge is -2.29. The lowest BCUT2D eigenvalue weighted by Crippen LogP contribution is -2.16. The quantitative estimate of drug-likeness (QED) is 0.169. The maximum absolute atomic E-state index is 6.49. The second-order valence-corrected chi connectivity index (χ2v) is 16.3. The van der Waals surface area contributed by atoms with Crippen molar-refractivity contribution in [2.24, 2.45) is 0 Å². The summed E-state index contributed by atoms with van der Waals surface area (Å²) >= 11 is 0. The molecule has 0 fully saturated rings. The molecular weight excluding hydrogens is 733 g/mol. The van der Waals surface area contributed by atoms with E-state index in [1.807, 2.05) is 42.5 Å². The molecule has 0 saturated heterocycles. The molecule has 0 radical (unpaired) electrons. The van der Waals surface area contributed by atoms with Gasteiger partial charge < -0.3 is 13.7 Å². The normalized spacial score (nSPS) is 13.0. The average molecular weight is 771 g/mol. The predicted molar refractivity (Wildman–Crippen MR) is 247 cm³/mol. The minimum Gasteiger partial charge on any atom is -0.456 e. The number of nitrogens with zero attached hydrogens (tertiary/aromatic N) is 2. The van der Waals surface area contributed by atoms with Crippen LogP contribution in [0, 0.1) is 0 Å². The van der Waals surface area contributed by atoms with E-state index >= 15 is 0 Å². The summed E-state index contributed by atoms with van der Waals surface area (Å²) in [5.41, 5.74) is 17.2. The minimum atomic E-state index is -0.122. The smallest absolute Gasteiger partial charge is 0.227 e. The van der Waals surface area contributed by atoms with Crippen molar-refractivity contribution in [1.82, 2.24) is 4.98 Å². The van der Waals surface area contributed by atoms with Gasteiger partial charge in [-0.1, -0.05) is 141 Å². The topological polar surface area (TPSA) is 42.4 Å². The van der Waals surface area contributed by atoms with Crippen molar-refractivity contribution in [3.8, 4) is 44.8 Å². The third-order valence-corrected chi connectivity index (χ3v) is 12.5. The van der Waals surface area contributed by atoms with E-state index in [1.54, 1.807) is 0 Å². The van der Waals surface area contributed by atoms with E-state index in [-0.39, 0.29) is 5.41 Å². The highest BCUT2D eigenvalue weighted by molar-refractivity contribution is 6.10. The standard InChI is InChI=1S/C56H38N2O2/c1-56(2)47-22-9-8-20-45(47)54-48(56)23-12-24-50(54)58(41-18-10-17-39(31-41)43-21-11-16-36-13-6-7-19-42(36)43)40-28-25-35(26-29-40)38-27-30-44-46-33-53-49(34-52(46)59-51(44)32-38)57-55(60-53)37-14-4-3-5-15-37/h3-34H,1-2H3. The third kappa shape index (κ3) is 5.34. The van der Waals surface area contributed by atoms with Crippen molar-refractivity contribution in [2.45, 2.75) is 19.3 Å². The molecule has 4 nitrogen and oxygen atoms in total. The fourth-order valence-corrected chi connectivity index (χ4v) is 9.52.